The van der Waals surface area contributed by atoms with Gasteiger partial charge in [-0.05, 0) is 92.8 Å². The summed E-state index contributed by atoms with van der Waals surface area (Å²) in [5.41, 5.74) is 0.385. The lowest BCUT2D eigenvalue weighted by Gasteiger charge is -2.62. The fourth-order valence-electron chi connectivity index (χ4n) is 8.43. The summed E-state index contributed by atoms with van der Waals surface area (Å²) in [5, 5.41) is 21.2. The predicted octanol–water partition coefficient (Wildman–Crippen LogP) is 3.93. The van der Waals surface area contributed by atoms with Crippen LogP contribution in [-0.4, -0.2) is 34.5 Å². The summed E-state index contributed by atoms with van der Waals surface area (Å²) in [7, 11) is 0. The molecule has 2 N–H and O–H groups in total. The van der Waals surface area contributed by atoms with Crippen LogP contribution in [0.1, 0.15) is 79.1 Å². The van der Waals surface area contributed by atoms with Crippen LogP contribution in [0.15, 0.2) is 0 Å². The molecule has 4 aliphatic rings. The summed E-state index contributed by atoms with van der Waals surface area (Å²) in [6, 6.07) is 0. The Bertz CT molecular complexity index is 591. The van der Waals surface area contributed by atoms with Gasteiger partial charge in [-0.1, -0.05) is 13.8 Å². The number of ether oxygens (including phenoxy) is 1. The van der Waals surface area contributed by atoms with Gasteiger partial charge in [-0.15, -0.1) is 0 Å². The molecule has 0 spiro atoms. The van der Waals surface area contributed by atoms with Gasteiger partial charge >= 0.3 is 5.97 Å². The lowest BCUT2D eigenvalue weighted by Crippen LogP contribution is -2.58. The number of fused-ring (bicyclic) bond motifs is 5. The van der Waals surface area contributed by atoms with Gasteiger partial charge in [-0.3, -0.25) is 4.79 Å². The molecule has 4 fully saturated rings. The molecule has 10 atom stereocenters. The molecular weight excluding hydrogens is 340 g/mol. The highest BCUT2D eigenvalue weighted by atomic mass is 16.5. The molecule has 0 amide bonds. The molecule has 0 aromatic carbocycles. The summed E-state index contributed by atoms with van der Waals surface area (Å²) in [4.78, 5) is 11.5. The fourth-order valence-corrected chi connectivity index (χ4v) is 8.43. The van der Waals surface area contributed by atoms with E-state index in [2.05, 4.69) is 20.8 Å². The molecule has 0 heterocycles. The largest absolute Gasteiger partial charge is 0.463 e. The Morgan fingerprint density at radius 2 is 1.63 bits per heavy atom. The molecule has 0 aromatic heterocycles. The van der Waals surface area contributed by atoms with Crippen molar-refractivity contribution in [2.24, 2.45) is 40.4 Å². The summed E-state index contributed by atoms with van der Waals surface area (Å²) in [6.07, 6.45) is 7.83. The van der Waals surface area contributed by atoms with E-state index in [-0.39, 0.29) is 41.0 Å². The van der Waals surface area contributed by atoms with Crippen LogP contribution in [0.4, 0.5) is 0 Å². The van der Waals surface area contributed by atoms with Crippen molar-refractivity contribution in [3.63, 3.8) is 0 Å². The normalized spacial score (nSPS) is 53.0. The lowest BCUT2D eigenvalue weighted by molar-refractivity contribution is -0.176. The van der Waals surface area contributed by atoms with E-state index in [9.17, 15) is 15.0 Å². The van der Waals surface area contributed by atoms with Crippen LogP contribution in [0.25, 0.3) is 0 Å². The van der Waals surface area contributed by atoms with Gasteiger partial charge in [0.25, 0.3) is 0 Å². The van der Waals surface area contributed by atoms with Crippen molar-refractivity contribution >= 4 is 5.97 Å². The fraction of sp³-hybridized carbons (Fsp3) is 0.957. The van der Waals surface area contributed by atoms with Gasteiger partial charge in [0.1, 0.15) is 6.10 Å². The average molecular weight is 379 g/mol. The molecule has 0 radical (unpaired) electrons. The Balaban J connectivity index is 1.59. The minimum atomic E-state index is -0.279. The van der Waals surface area contributed by atoms with Crippen LogP contribution < -0.4 is 0 Å². The standard InChI is InChI=1S/C23H38O4/c1-13(27-14(2)24)17-5-6-18-16-12-21(26)20-11-15(25)7-9-23(20,4)19(16)8-10-22(17,18)3/h13,15-21,25-26H,5-12H2,1-4H3/t13-,15+,16-,17+,18-,19-,20-,21-,22+,23+/m0/s1. The van der Waals surface area contributed by atoms with Crippen molar-refractivity contribution < 1.29 is 19.7 Å². The number of carbonyl (C=O) groups is 1. The molecule has 4 saturated carbocycles. The quantitative estimate of drug-likeness (QED) is 0.715. The minimum Gasteiger partial charge on any atom is -0.463 e. The number of rotatable bonds is 2. The van der Waals surface area contributed by atoms with Gasteiger partial charge < -0.3 is 14.9 Å². The van der Waals surface area contributed by atoms with Gasteiger partial charge in [0.2, 0.25) is 0 Å². The van der Waals surface area contributed by atoms with Gasteiger partial charge in [0.05, 0.1) is 12.2 Å². The van der Waals surface area contributed by atoms with Crippen LogP contribution in [-0.2, 0) is 9.53 Å². The first-order valence-corrected chi connectivity index (χ1v) is 11.2. The first-order chi connectivity index (χ1) is 12.7. The van der Waals surface area contributed by atoms with E-state index in [0.717, 1.165) is 32.1 Å². The molecule has 0 bridgehead atoms. The molecule has 0 unspecified atom stereocenters. The van der Waals surface area contributed by atoms with E-state index in [4.69, 9.17) is 4.74 Å². The van der Waals surface area contributed by atoms with Crippen LogP contribution >= 0.6 is 0 Å². The van der Waals surface area contributed by atoms with Crippen molar-refractivity contribution in [3.8, 4) is 0 Å². The molecule has 4 heteroatoms. The lowest BCUT2D eigenvalue weighted by atomic mass is 9.44. The highest BCUT2D eigenvalue weighted by Gasteiger charge is 2.62. The number of esters is 1. The third kappa shape index (κ3) is 2.97. The van der Waals surface area contributed by atoms with E-state index >= 15 is 0 Å². The van der Waals surface area contributed by atoms with E-state index in [0.29, 0.717) is 23.7 Å². The molecular formula is C23H38O4. The number of aliphatic hydroxyl groups excluding tert-OH is 2. The molecule has 0 aliphatic heterocycles. The molecule has 4 rings (SSSR count). The number of carbonyl (C=O) groups excluding carboxylic acids is 1. The van der Waals surface area contributed by atoms with Crippen molar-refractivity contribution in [1.29, 1.82) is 0 Å². The van der Waals surface area contributed by atoms with E-state index in [1.165, 1.54) is 26.2 Å². The first-order valence-electron chi connectivity index (χ1n) is 11.2. The Kier molecular flexibility index (Phi) is 4.91. The second-order valence-corrected chi connectivity index (χ2v) is 10.8. The van der Waals surface area contributed by atoms with Crippen molar-refractivity contribution in [2.75, 3.05) is 0 Å². The Hall–Kier alpha value is -0.610. The highest BCUT2D eigenvalue weighted by Crippen LogP contribution is 2.67. The van der Waals surface area contributed by atoms with Crippen LogP contribution in [0, 0.1) is 40.4 Å². The maximum atomic E-state index is 11.5. The third-order valence-corrected chi connectivity index (χ3v) is 9.64. The summed E-state index contributed by atoms with van der Waals surface area (Å²) < 4.78 is 5.61. The first kappa shape index (κ1) is 19.7. The SMILES string of the molecule is CC(=O)O[C@@H](C)[C@H]1CC[C@H]2[C@@H]3C[C@H](O)[C@@H]4C[C@H](O)CC[C@]4(C)[C@H]3CC[C@]12C. The van der Waals surface area contributed by atoms with Crippen LogP contribution in [0.2, 0.25) is 0 Å². The van der Waals surface area contributed by atoms with Gasteiger partial charge in [0, 0.05) is 12.8 Å². The topological polar surface area (TPSA) is 66.8 Å². The predicted molar refractivity (Wildman–Crippen MR) is 104 cm³/mol. The summed E-state index contributed by atoms with van der Waals surface area (Å²) in [6.45, 7) is 8.41. The molecule has 4 nitrogen and oxygen atoms in total. The van der Waals surface area contributed by atoms with E-state index in [1.54, 1.807) is 0 Å². The zero-order chi connectivity index (χ0) is 19.6. The molecule has 0 aromatic rings. The third-order valence-electron chi connectivity index (χ3n) is 9.64. The second kappa shape index (κ2) is 6.73. The van der Waals surface area contributed by atoms with Crippen molar-refractivity contribution in [2.45, 2.75) is 97.4 Å². The highest BCUT2D eigenvalue weighted by molar-refractivity contribution is 5.66. The van der Waals surface area contributed by atoms with Gasteiger partial charge in [-0.2, -0.15) is 0 Å². The Morgan fingerprint density at radius 3 is 2.33 bits per heavy atom. The minimum absolute atomic E-state index is 0.0178. The number of hydrogen-bond donors (Lipinski definition) is 2. The van der Waals surface area contributed by atoms with Gasteiger partial charge in [-0.25, -0.2) is 0 Å². The zero-order valence-corrected chi connectivity index (χ0v) is 17.5. The monoisotopic (exact) mass is 378 g/mol. The second-order valence-electron chi connectivity index (χ2n) is 10.8. The molecule has 154 valence electrons. The van der Waals surface area contributed by atoms with Crippen molar-refractivity contribution in [1.82, 2.24) is 0 Å². The van der Waals surface area contributed by atoms with Crippen LogP contribution in [0.3, 0.4) is 0 Å². The summed E-state index contributed by atoms with van der Waals surface area (Å²) in [5.74, 6) is 2.38. The maximum absolute atomic E-state index is 11.5. The Labute approximate surface area is 164 Å². The average Bonchev–Trinajstić information content (AvgIpc) is 2.93. The molecule has 0 saturated heterocycles. The maximum Gasteiger partial charge on any atom is 0.302 e. The van der Waals surface area contributed by atoms with Crippen molar-refractivity contribution in [3.05, 3.63) is 0 Å². The van der Waals surface area contributed by atoms with E-state index in [1.807, 2.05) is 0 Å². The molecule has 27 heavy (non-hydrogen) atoms. The number of hydrogen-bond acceptors (Lipinski definition) is 4. The number of aliphatic hydroxyl groups is 2. The van der Waals surface area contributed by atoms with Crippen LogP contribution in [0.5, 0.6) is 0 Å². The summed E-state index contributed by atoms with van der Waals surface area (Å²) >= 11 is 0. The van der Waals surface area contributed by atoms with Gasteiger partial charge in [0.15, 0.2) is 0 Å². The smallest absolute Gasteiger partial charge is 0.302 e. The Morgan fingerprint density at radius 1 is 0.963 bits per heavy atom. The molecule has 4 aliphatic carbocycles. The van der Waals surface area contributed by atoms with E-state index < -0.39 is 0 Å². The zero-order valence-electron chi connectivity index (χ0n) is 17.5.